The first-order chi connectivity index (χ1) is 21.0. The Morgan fingerprint density at radius 1 is 0.907 bits per heavy atom. The largest absolute Gasteiger partial charge is 0.492 e. The lowest BCUT2D eigenvalue weighted by atomic mass is 9.75. The fourth-order valence-electron chi connectivity index (χ4n) is 6.36. The van der Waals surface area contributed by atoms with Crippen LogP contribution < -0.4 is 9.64 Å². The van der Waals surface area contributed by atoms with E-state index in [0.29, 0.717) is 63.5 Å². The van der Waals surface area contributed by atoms with E-state index in [1.54, 1.807) is 18.6 Å². The molecule has 0 radical (unpaired) electrons. The number of aromatic nitrogens is 2. The Morgan fingerprint density at radius 2 is 1.67 bits per heavy atom. The molecular weight excluding hydrogens is 540 g/mol. The number of piperidine rings is 1. The van der Waals surface area contributed by atoms with Gasteiger partial charge >= 0.3 is 0 Å². The summed E-state index contributed by atoms with van der Waals surface area (Å²) < 4.78 is 6.53. The molecule has 1 spiro atoms. The molecule has 1 saturated carbocycles. The van der Waals surface area contributed by atoms with Gasteiger partial charge in [0.15, 0.2) is 0 Å². The van der Waals surface area contributed by atoms with Crippen LogP contribution in [0.3, 0.4) is 0 Å². The monoisotopic (exact) mass is 578 g/mol. The molecule has 3 heterocycles. The second-order valence-corrected chi connectivity index (χ2v) is 12.1. The normalized spacial score (nSPS) is 20.1. The average molecular weight is 579 g/mol. The SMILES string of the molecule is N#CC1(C(=O)N2CCC3(CCCN(c4cnccn4)CCN(Cc4ccccc4)C(=O)c4ccccc4OC3)CC2)CC1. The molecule has 222 valence electrons. The second-order valence-electron chi connectivity index (χ2n) is 12.1. The van der Waals surface area contributed by atoms with Crippen molar-refractivity contribution in [3.63, 3.8) is 0 Å². The molecule has 2 fully saturated rings. The molecule has 6 rings (SSSR count). The van der Waals surface area contributed by atoms with Gasteiger partial charge in [0.2, 0.25) is 5.91 Å². The zero-order chi connectivity index (χ0) is 29.7. The van der Waals surface area contributed by atoms with Gasteiger partial charge in [-0.3, -0.25) is 14.6 Å². The van der Waals surface area contributed by atoms with E-state index in [1.165, 1.54) is 0 Å². The lowest BCUT2D eigenvalue weighted by Crippen LogP contribution is -2.48. The minimum atomic E-state index is -0.798. The van der Waals surface area contributed by atoms with Crippen molar-refractivity contribution >= 4 is 17.6 Å². The molecule has 9 nitrogen and oxygen atoms in total. The van der Waals surface area contributed by atoms with Crippen LogP contribution in [0.1, 0.15) is 54.4 Å². The summed E-state index contributed by atoms with van der Waals surface area (Å²) in [5, 5.41) is 9.57. The number of nitrogens with zero attached hydrogens (tertiary/aromatic N) is 6. The Morgan fingerprint density at radius 3 is 2.40 bits per heavy atom. The van der Waals surface area contributed by atoms with Gasteiger partial charge in [0, 0.05) is 57.1 Å². The Labute approximate surface area is 253 Å². The molecule has 2 amide bonds. The van der Waals surface area contributed by atoms with Gasteiger partial charge in [0.25, 0.3) is 5.91 Å². The van der Waals surface area contributed by atoms with Crippen molar-refractivity contribution in [3.05, 3.63) is 84.3 Å². The highest BCUT2D eigenvalue weighted by molar-refractivity contribution is 5.97. The summed E-state index contributed by atoms with van der Waals surface area (Å²) in [5.41, 5.74) is 0.668. The van der Waals surface area contributed by atoms with Crippen LogP contribution >= 0.6 is 0 Å². The molecule has 0 bridgehead atoms. The molecular formula is C34H38N6O3. The van der Waals surface area contributed by atoms with Crippen molar-refractivity contribution < 1.29 is 14.3 Å². The summed E-state index contributed by atoms with van der Waals surface area (Å²) >= 11 is 0. The van der Waals surface area contributed by atoms with Crippen LogP contribution in [-0.2, 0) is 11.3 Å². The molecule has 3 aliphatic rings. The molecule has 0 atom stereocenters. The van der Waals surface area contributed by atoms with Gasteiger partial charge < -0.3 is 19.4 Å². The molecule has 2 aliphatic heterocycles. The molecule has 3 aromatic rings. The van der Waals surface area contributed by atoms with E-state index in [9.17, 15) is 14.9 Å². The van der Waals surface area contributed by atoms with Crippen LogP contribution in [0.5, 0.6) is 5.75 Å². The number of hydrogen-bond donors (Lipinski definition) is 0. The third-order valence-corrected chi connectivity index (χ3v) is 9.29. The van der Waals surface area contributed by atoms with Crippen molar-refractivity contribution in [1.82, 2.24) is 19.8 Å². The van der Waals surface area contributed by atoms with Crippen molar-refractivity contribution in [2.45, 2.75) is 45.1 Å². The number of amides is 2. The minimum Gasteiger partial charge on any atom is -0.492 e. The molecule has 1 aliphatic carbocycles. The molecule has 2 aromatic carbocycles. The van der Waals surface area contributed by atoms with Gasteiger partial charge in [-0.05, 0) is 56.2 Å². The van der Waals surface area contributed by atoms with Gasteiger partial charge in [-0.15, -0.1) is 0 Å². The number of carbonyl (C=O) groups is 2. The number of likely N-dealkylation sites (tertiary alicyclic amines) is 1. The quantitative estimate of drug-likeness (QED) is 0.442. The Bertz CT molecular complexity index is 1460. The van der Waals surface area contributed by atoms with Crippen molar-refractivity contribution in [2.24, 2.45) is 10.8 Å². The van der Waals surface area contributed by atoms with Crippen molar-refractivity contribution in [2.75, 3.05) is 44.2 Å². The highest BCUT2D eigenvalue weighted by Gasteiger charge is 2.53. The second kappa shape index (κ2) is 12.4. The fraction of sp³-hybridized carbons (Fsp3) is 0.441. The first-order valence-electron chi connectivity index (χ1n) is 15.3. The molecule has 0 N–H and O–H groups in total. The Hall–Kier alpha value is -4.45. The lowest BCUT2D eigenvalue weighted by Gasteiger charge is -2.42. The summed E-state index contributed by atoms with van der Waals surface area (Å²) in [6, 6.07) is 19.8. The molecule has 9 heteroatoms. The molecule has 1 saturated heterocycles. The first kappa shape index (κ1) is 28.7. The number of rotatable bonds is 4. The number of anilines is 1. The minimum absolute atomic E-state index is 0.0151. The summed E-state index contributed by atoms with van der Waals surface area (Å²) in [6.45, 7) is 4.08. The average Bonchev–Trinajstić information content (AvgIpc) is 3.87. The van der Waals surface area contributed by atoms with Gasteiger partial charge in [0.05, 0.1) is 24.4 Å². The van der Waals surface area contributed by atoms with Crippen LogP contribution in [0.15, 0.2) is 73.2 Å². The van der Waals surface area contributed by atoms with Crippen LogP contribution in [0.4, 0.5) is 5.82 Å². The topological polar surface area (TPSA) is 103 Å². The summed E-state index contributed by atoms with van der Waals surface area (Å²) in [7, 11) is 0. The third kappa shape index (κ3) is 6.34. The third-order valence-electron chi connectivity index (χ3n) is 9.29. The Kier molecular flexibility index (Phi) is 8.28. The van der Waals surface area contributed by atoms with Crippen LogP contribution in [0, 0.1) is 22.2 Å². The number of carbonyl (C=O) groups excluding carboxylic acids is 2. The van der Waals surface area contributed by atoms with Gasteiger partial charge in [-0.25, -0.2) is 4.98 Å². The van der Waals surface area contributed by atoms with Gasteiger partial charge in [-0.1, -0.05) is 42.5 Å². The van der Waals surface area contributed by atoms with Crippen LogP contribution in [0.2, 0.25) is 0 Å². The van der Waals surface area contributed by atoms with E-state index in [0.717, 1.165) is 43.6 Å². The number of benzene rings is 2. The van der Waals surface area contributed by atoms with E-state index >= 15 is 0 Å². The standard InChI is InChI=1S/C34H38N6O3/c35-25-34(12-13-34)32(42)39-19-14-33(15-20-39)11-6-18-38(30-23-36-16-17-37-30)21-22-40(24-27-7-2-1-3-8-27)31(41)28-9-4-5-10-29(28)43-26-33/h1-5,7-10,16-17,23H,6,11-15,18-22,24,26H2. The number of hydrogen-bond acceptors (Lipinski definition) is 7. The predicted octanol–water partition coefficient (Wildman–Crippen LogP) is 4.71. The number of para-hydroxylation sites is 1. The highest BCUT2D eigenvalue weighted by atomic mass is 16.5. The van der Waals surface area contributed by atoms with Gasteiger partial charge in [-0.2, -0.15) is 5.26 Å². The highest BCUT2D eigenvalue weighted by Crippen LogP contribution is 2.48. The van der Waals surface area contributed by atoms with Crippen LogP contribution in [0.25, 0.3) is 0 Å². The zero-order valence-electron chi connectivity index (χ0n) is 24.5. The summed E-state index contributed by atoms with van der Waals surface area (Å²) in [4.78, 5) is 42.1. The zero-order valence-corrected chi connectivity index (χ0v) is 24.5. The van der Waals surface area contributed by atoms with E-state index in [-0.39, 0.29) is 17.2 Å². The van der Waals surface area contributed by atoms with Gasteiger partial charge in [0.1, 0.15) is 17.0 Å². The molecule has 1 aromatic heterocycles. The van der Waals surface area contributed by atoms with Crippen molar-refractivity contribution in [3.8, 4) is 11.8 Å². The number of ether oxygens (including phenoxy) is 1. The lowest BCUT2D eigenvalue weighted by molar-refractivity contribution is -0.137. The van der Waals surface area contributed by atoms with E-state index in [4.69, 9.17) is 4.74 Å². The van der Waals surface area contributed by atoms with E-state index in [2.05, 4.69) is 20.9 Å². The maximum atomic E-state index is 14.1. The fourth-order valence-corrected chi connectivity index (χ4v) is 6.36. The first-order valence-corrected chi connectivity index (χ1v) is 15.3. The van der Waals surface area contributed by atoms with E-state index < -0.39 is 5.41 Å². The summed E-state index contributed by atoms with van der Waals surface area (Å²) in [5.74, 6) is 1.30. The molecule has 0 unspecified atom stereocenters. The number of fused-ring (bicyclic) bond motifs is 1. The summed E-state index contributed by atoms with van der Waals surface area (Å²) in [6.07, 6.45) is 9.89. The maximum Gasteiger partial charge on any atom is 0.257 e. The predicted molar refractivity (Wildman–Crippen MR) is 162 cm³/mol. The van der Waals surface area contributed by atoms with Crippen LogP contribution in [-0.4, -0.2) is 70.9 Å². The molecule has 43 heavy (non-hydrogen) atoms. The van der Waals surface area contributed by atoms with Crippen molar-refractivity contribution in [1.29, 1.82) is 5.26 Å². The van der Waals surface area contributed by atoms with E-state index in [1.807, 2.05) is 64.4 Å². The maximum absolute atomic E-state index is 14.1. The smallest absolute Gasteiger partial charge is 0.257 e. The number of nitriles is 1. The Balaban J connectivity index is 1.28.